The van der Waals surface area contributed by atoms with Gasteiger partial charge in [0.15, 0.2) is 0 Å². The van der Waals surface area contributed by atoms with E-state index in [0.29, 0.717) is 17.1 Å². The van der Waals surface area contributed by atoms with Crippen molar-refractivity contribution in [2.75, 3.05) is 0 Å². The van der Waals surface area contributed by atoms with Gasteiger partial charge in [-0.25, -0.2) is 9.37 Å². The molecule has 3 nitrogen and oxygen atoms in total. The maximum absolute atomic E-state index is 12.9. The van der Waals surface area contributed by atoms with Crippen LogP contribution in [-0.4, -0.2) is 10.9 Å². The molecule has 0 atom stereocenters. The fourth-order valence-electron chi connectivity index (χ4n) is 2.18. The van der Waals surface area contributed by atoms with Crippen LogP contribution in [0.3, 0.4) is 0 Å². The number of carbonyl (C=O) groups excluding carboxylic acids is 1. The van der Waals surface area contributed by atoms with Gasteiger partial charge in [0.25, 0.3) is 5.91 Å². The molecule has 23 heavy (non-hydrogen) atoms. The van der Waals surface area contributed by atoms with Gasteiger partial charge in [-0.3, -0.25) is 4.79 Å². The number of amides is 1. The number of rotatable bonds is 4. The molecule has 1 heterocycles. The molecule has 0 unspecified atom stereocenters. The van der Waals surface area contributed by atoms with Crippen molar-refractivity contribution in [3.63, 3.8) is 0 Å². The van der Waals surface area contributed by atoms with Crippen LogP contribution in [-0.2, 0) is 6.54 Å². The number of aryl methyl sites for hydroxylation is 1. The Bertz CT molecular complexity index is 813. The highest BCUT2D eigenvalue weighted by molar-refractivity contribution is 7.17. The first-order chi connectivity index (χ1) is 11.1. The summed E-state index contributed by atoms with van der Waals surface area (Å²) >= 11 is 1.38. The summed E-state index contributed by atoms with van der Waals surface area (Å²) in [5.74, 6) is -0.447. The summed E-state index contributed by atoms with van der Waals surface area (Å²) in [7, 11) is 0. The number of carbonyl (C=O) groups is 1. The summed E-state index contributed by atoms with van der Waals surface area (Å²) < 4.78 is 12.9. The molecule has 0 radical (unpaired) electrons. The average Bonchev–Trinajstić information content (AvgIpc) is 2.97. The van der Waals surface area contributed by atoms with Crippen LogP contribution in [0.5, 0.6) is 0 Å². The third kappa shape index (κ3) is 3.63. The van der Waals surface area contributed by atoms with E-state index in [1.807, 2.05) is 37.3 Å². The number of nitrogens with one attached hydrogen (secondary N) is 1. The molecule has 1 N–H and O–H groups in total. The zero-order valence-corrected chi connectivity index (χ0v) is 13.4. The van der Waals surface area contributed by atoms with Crippen LogP contribution >= 0.6 is 11.3 Å². The molecule has 0 spiro atoms. The van der Waals surface area contributed by atoms with Gasteiger partial charge in [0.2, 0.25) is 0 Å². The standard InChI is InChI=1S/C18H15FN2OS/c1-12-16(23-18(21-12)14-5-3-2-4-6-14)17(22)20-11-13-7-9-15(19)10-8-13/h2-10H,11H2,1H3,(H,20,22). The number of halogens is 1. The molecular weight excluding hydrogens is 311 g/mol. The van der Waals surface area contributed by atoms with Crippen molar-refractivity contribution in [3.05, 3.63) is 76.5 Å². The molecule has 0 saturated heterocycles. The SMILES string of the molecule is Cc1nc(-c2ccccc2)sc1C(=O)NCc1ccc(F)cc1. The number of hydrogen-bond acceptors (Lipinski definition) is 3. The molecule has 0 aliphatic carbocycles. The Balaban J connectivity index is 1.72. The lowest BCUT2D eigenvalue weighted by Crippen LogP contribution is -2.22. The minimum absolute atomic E-state index is 0.161. The number of nitrogens with zero attached hydrogens (tertiary/aromatic N) is 1. The molecule has 3 aromatic rings. The van der Waals surface area contributed by atoms with Crippen LogP contribution in [0.15, 0.2) is 54.6 Å². The Hall–Kier alpha value is -2.53. The van der Waals surface area contributed by atoms with E-state index < -0.39 is 0 Å². The summed E-state index contributed by atoms with van der Waals surface area (Å²) in [5.41, 5.74) is 2.56. The lowest BCUT2D eigenvalue weighted by molar-refractivity contribution is 0.0954. The first-order valence-electron chi connectivity index (χ1n) is 7.19. The van der Waals surface area contributed by atoms with Crippen LogP contribution in [0.25, 0.3) is 10.6 Å². The van der Waals surface area contributed by atoms with E-state index in [0.717, 1.165) is 16.1 Å². The van der Waals surface area contributed by atoms with Gasteiger partial charge in [-0.2, -0.15) is 0 Å². The third-order valence-corrected chi connectivity index (χ3v) is 4.60. The molecule has 116 valence electrons. The molecule has 0 bridgehead atoms. The fraction of sp³-hybridized carbons (Fsp3) is 0.111. The molecule has 0 aliphatic heterocycles. The second kappa shape index (κ2) is 6.71. The molecule has 0 saturated carbocycles. The number of aromatic nitrogens is 1. The van der Waals surface area contributed by atoms with Crippen LogP contribution in [0.4, 0.5) is 4.39 Å². The number of benzene rings is 2. The van der Waals surface area contributed by atoms with Crippen LogP contribution < -0.4 is 5.32 Å². The minimum Gasteiger partial charge on any atom is -0.347 e. The minimum atomic E-state index is -0.286. The predicted octanol–water partition coefficient (Wildman–Crippen LogP) is 4.19. The highest BCUT2D eigenvalue weighted by Gasteiger charge is 2.15. The molecular formula is C18H15FN2OS. The summed E-state index contributed by atoms with van der Waals surface area (Å²) in [6.45, 7) is 2.19. The van der Waals surface area contributed by atoms with E-state index in [4.69, 9.17) is 0 Å². The summed E-state index contributed by atoms with van der Waals surface area (Å²) in [4.78, 5) is 17.4. The number of hydrogen-bond donors (Lipinski definition) is 1. The zero-order chi connectivity index (χ0) is 16.2. The highest BCUT2D eigenvalue weighted by Crippen LogP contribution is 2.27. The van der Waals surface area contributed by atoms with E-state index in [1.165, 1.54) is 23.5 Å². The van der Waals surface area contributed by atoms with Crippen molar-refractivity contribution in [2.45, 2.75) is 13.5 Å². The van der Waals surface area contributed by atoms with Crippen molar-refractivity contribution in [1.29, 1.82) is 0 Å². The largest absolute Gasteiger partial charge is 0.347 e. The van der Waals surface area contributed by atoms with Crippen molar-refractivity contribution in [2.24, 2.45) is 0 Å². The summed E-state index contributed by atoms with van der Waals surface area (Å²) in [6.07, 6.45) is 0. The van der Waals surface area contributed by atoms with Crippen molar-refractivity contribution in [1.82, 2.24) is 10.3 Å². The number of thiazole rings is 1. The monoisotopic (exact) mass is 326 g/mol. The van der Waals surface area contributed by atoms with Gasteiger partial charge >= 0.3 is 0 Å². The van der Waals surface area contributed by atoms with E-state index in [9.17, 15) is 9.18 Å². The first-order valence-corrected chi connectivity index (χ1v) is 8.00. The van der Waals surface area contributed by atoms with E-state index in [-0.39, 0.29) is 11.7 Å². The van der Waals surface area contributed by atoms with Crippen LogP contribution in [0, 0.1) is 12.7 Å². The van der Waals surface area contributed by atoms with Gasteiger partial charge in [0, 0.05) is 12.1 Å². The zero-order valence-electron chi connectivity index (χ0n) is 12.5. The second-order valence-electron chi connectivity index (χ2n) is 5.11. The Morgan fingerprint density at radius 3 is 2.52 bits per heavy atom. The fourth-order valence-corrected chi connectivity index (χ4v) is 3.16. The smallest absolute Gasteiger partial charge is 0.263 e. The molecule has 5 heteroatoms. The Kier molecular flexibility index (Phi) is 4.48. The molecule has 3 rings (SSSR count). The van der Waals surface area contributed by atoms with Crippen molar-refractivity contribution in [3.8, 4) is 10.6 Å². The van der Waals surface area contributed by atoms with E-state index in [1.54, 1.807) is 12.1 Å². The van der Waals surface area contributed by atoms with Crippen LogP contribution in [0.1, 0.15) is 20.9 Å². The Morgan fingerprint density at radius 2 is 1.83 bits per heavy atom. The van der Waals surface area contributed by atoms with Crippen molar-refractivity contribution >= 4 is 17.2 Å². The van der Waals surface area contributed by atoms with Gasteiger partial charge < -0.3 is 5.32 Å². The maximum Gasteiger partial charge on any atom is 0.263 e. The quantitative estimate of drug-likeness (QED) is 0.781. The molecule has 0 aliphatic rings. The Morgan fingerprint density at radius 1 is 1.13 bits per heavy atom. The molecule has 2 aromatic carbocycles. The van der Waals surface area contributed by atoms with Crippen molar-refractivity contribution < 1.29 is 9.18 Å². The third-order valence-electron chi connectivity index (χ3n) is 3.39. The molecule has 1 aromatic heterocycles. The lowest BCUT2D eigenvalue weighted by Gasteiger charge is -2.04. The van der Waals surface area contributed by atoms with E-state index in [2.05, 4.69) is 10.3 Å². The highest BCUT2D eigenvalue weighted by atomic mass is 32.1. The van der Waals surface area contributed by atoms with E-state index >= 15 is 0 Å². The topological polar surface area (TPSA) is 42.0 Å². The summed E-state index contributed by atoms with van der Waals surface area (Å²) in [6, 6.07) is 15.9. The van der Waals surface area contributed by atoms with Gasteiger partial charge in [-0.15, -0.1) is 11.3 Å². The molecule has 0 fully saturated rings. The predicted molar refractivity (Wildman–Crippen MR) is 89.9 cm³/mol. The normalized spacial score (nSPS) is 10.5. The van der Waals surface area contributed by atoms with Gasteiger partial charge in [0.1, 0.15) is 15.7 Å². The van der Waals surface area contributed by atoms with Gasteiger partial charge in [-0.05, 0) is 24.6 Å². The van der Waals surface area contributed by atoms with Gasteiger partial charge in [-0.1, -0.05) is 42.5 Å². The lowest BCUT2D eigenvalue weighted by atomic mass is 10.2. The average molecular weight is 326 g/mol. The second-order valence-corrected chi connectivity index (χ2v) is 6.11. The maximum atomic E-state index is 12.9. The molecule has 1 amide bonds. The van der Waals surface area contributed by atoms with Gasteiger partial charge in [0.05, 0.1) is 5.69 Å². The van der Waals surface area contributed by atoms with Crippen LogP contribution in [0.2, 0.25) is 0 Å². The first kappa shape index (κ1) is 15.4. The summed E-state index contributed by atoms with van der Waals surface area (Å²) in [5, 5.41) is 3.68. The Labute approximate surface area is 137 Å².